The van der Waals surface area contributed by atoms with Gasteiger partial charge in [0.05, 0.1) is 13.2 Å². The minimum absolute atomic E-state index is 0.779. The second kappa shape index (κ2) is 16.6. The van der Waals surface area contributed by atoms with Crippen molar-refractivity contribution in [1.82, 2.24) is 0 Å². The molecule has 0 aromatic heterocycles. The van der Waals surface area contributed by atoms with E-state index in [-0.39, 0.29) is 0 Å². The first kappa shape index (κ1) is 25.2. The number of hydrogen-bond donors (Lipinski definition) is 0. The molecule has 0 spiro atoms. The van der Waals surface area contributed by atoms with Crippen LogP contribution in [-0.4, -0.2) is 40.6 Å². The van der Waals surface area contributed by atoms with Gasteiger partial charge in [-0.2, -0.15) is 0 Å². The van der Waals surface area contributed by atoms with E-state index >= 15 is 0 Å². The first-order chi connectivity index (χ1) is 15.3. The van der Waals surface area contributed by atoms with E-state index in [0.717, 1.165) is 70.0 Å². The maximum atomic E-state index is 5.85. The summed E-state index contributed by atoms with van der Waals surface area (Å²) in [6.45, 7) is 3.27. The van der Waals surface area contributed by atoms with Crippen molar-refractivity contribution in [2.75, 3.05) is 40.6 Å². The van der Waals surface area contributed by atoms with Gasteiger partial charge in [-0.1, -0.05) is 37.1 Å². The average molecular weight is 429 g/mol. The Bertz CT molecular complexity index is 607. The molecule has 0 aliphatic carbocycles. The van der Waals surface area contributed by atoms with Gasteiger partial charge in [0.25, 0.3) is 0 Å². The Morgan fingerprint density at radius 2 is 0.806 bits per heavy atom. The lowest BCUT2D eigenvalue weighted by Gasteiger charge is -2.09. The Hall–Kier alpha value is -2.04. The van der Waals surface area contributed by atoms with E-state index in [0.29, 0.717) is 0 Å². The maximum absolute atomic E-state index is 5.85. The van der Waals surface area contributed by atoms with Crippen molar-refractivity contribution in [3.63, 3.8) is 0 Å². The number of ether oxygens (including phenoxy) is 4. The van der Waals surface area contributed by atoms with Crippen LogP contribution in [0.1, 0.15) is 62.5 Å². The van der Waals surface area contributed by atoms with Crippen LogP contribution in [0.3, 0.4) is 0 Å². The smallest absolute Gasteiger partial charge is 0.119 e. The zero-order valence-corrected chi connectivity index (χ0v) is 19.4. The molecule has 2 aromatic carbocycles. The van der Waals surface area contributed by atoms with Gasteiger partial charge in [0, 0.05) is 27.4 Å². The van der Waals surface area contributed by atoms with Gasteiger partial charge in [-0.15, -0.1) is 0 Å². The van der Waals surface area contributed by atoms with Gasteiger partial charge in [-0.25, -0.2) is 0 Å². The molecule has 2 rings (SSSR count). The van der Waals surface area contributed by atoms with Gasteiger partial charge in [-0.05, 0) is 80.3 Å². The van der Waals surface area contributed by atoms with Crippen LogP contribution in [0.2, 0.25) is 0 Å². The van der Waals surface area contributed by atoms with Crippen LogP contribution in [0, 0.1) is 0 Å². The number of unbranched alkanes of at least 4 members (excludes halogenated alkanes) is 6. The van der Waals surface area contributed by atoms with Crippen molar-refractivity contribution in [3.8, 4) is 11.5 Å². The molecule has 4 heteroatoms. The molecule has 0 unspecified atom stereocenters. The van der Waals surface area contributed by atoms with Crippen molar-refractivity contribution in [2.24, 2.45) is 0 Å². The van der Waals surface area contributed by atoms with Crippen molar-refractivity contribution in [1.29, 1.82) is 0 Å². The van der Waals surface area contributed by atoms with E-state index in [4.69, 9.17) is 18.9 Å². The molecule has 0 fully saturated rings. The lowest BCUT2D eigenvalue weighted by Crippen LogP contribution is -1.99. The first-order valence-electron chi connectivity index (χ1n) is 11.7. The van der Waals surface area contributed by atoms with Gasteiger partial charge < -0.3 is 18.9 Å². The fraction of sp³-hybridized carbons (Fsp3) is 0.556. The van der Waals surface area contributed by atoms with Crippen molar-refractivity contribution in [2.45, 2.75) is 57.8 Å². The summed E-state index contributed by atoms with van der Waals surface area (Å²) in [6, 6.07) is 16.9. The van der Waals surface area contributed by atoms with Gasteiger partial charge in [0.2, 0.25) is 0 Å². The Morgan fingerprint density at radius 1 is 0.452 bits per heavy atom. The third kappa shape index (κ3) is 11.8. The number of methoxy groups -OCH3 is 2. The van der Waals surface area contributed by atoms with Crippen LogP contribution in [0.25, 0.3) is 0 Å². The first-order valence-corrected chi connectivity index (χ1v) is 11.7. The monoisotopic (exact) mass is 428 g/mol. The summed E-state index contributed by atoms with van der Waals surface area (Å²) in [5.41, 5.74) is 2.58. The molecule has 0 amide bonds. The minimum atomic E-state index is 0.779. The van der Waals surface area contributed by atoms with Crippen LogP contribution in [-0.2, 0) is 15.9 Å². The second-order valence-electron chi connectivity index (χ2n) is 7.98. The molecule has 2 aromatic rings. The van der Waals surface area contributed by atoms with E-state index in [2.05, 4.69) is 48.5 Å². The molecular weight excluding hydrogens is 388 g/mol. The van der Waals surface area contributed by atoms with Crippen molar-refractivity contribution in [3.05, 3.63) is 59.7 Å². The van der Waals surface area contributed by atoms with E-state index in [1.165, 1.54) is 36.8 Å². The highest BCUT2D eigenvalue weighted by Gasteiger charge is 2.00. The standard InChI is InChI=1S/C27H40O4/c1-28-19-7-3-5-9-21-30-26-15-11-24(12-16-26)23-25-13-17-27(18-14-25)31-22-10-6-4-8-20-29-2/h11-18H,3-10,19-23H2,1-2H3. The molecule has 31 heavy (non-hydrogen) atoms. The average Bonchev–Trinajstić information content (AvgIpc) is 2.80. The normalized spacial score (nSPS) is 10.9. The van der Waals surface area contributed by atoms with Crippen LogP contribution in [0.15, 0.2) is 48.5 Å². The van der Waals surface area contributed by atoms with Gasteiger partial charge in [-0.3, -0.25) is 0 Å². The number of benzene rings is 2. The van der Waals surface area contributed by atoms with Crippen LogP contribution in [0.5, 0.6) is 11.5 Å². The number of rotatable bonds is 18. The lowest BCUT2D eigenvalue weighted by molar-refractivity contribution is 0.191. The molecule has 172 valence electrons. The third-order valence-electron chi connectivity index (χ3n) is 5.28. The Morgan fingerprint density at radius 3 is 1.16 bits per heavy atom. The summed E-state index contributed by atoms with van der Waals surface area (Å²) in [4.78, 5) is 0. The zero-order chi connectivity index (χ0) is 22.0. The summed E-state index contributed by atoms with van der Waals surface area (Å²) in [7, 11) is 3.51. The quantitative estimate of drug-likeness (QED) is 0.256. The SMILES string of the molecule is COCCCCCCOc1ccc(Cc2ccc(OCCCCCCOC)cc2)cc1. The maximum Gasteiger partial charge on any atom is 0.119 e. The molecule has 0 atom stereocenters. The van der Waals surface area contributed by atoms with Crippen molar-refractivity contribution >= 4 is 0 Å². The van der Waals surface area contributed by atoms with Gasteiger partial charge in [0.1, 0.15) is 11.5 Å². The Balaban J connectivity index is 1.61. The lowest BCUT2D eigenvalue weighted by atomic mass is 10.0. The van der Waals surface area contributed by atoms with Gasteiger partial charge in [0.15, 0.2) is 0 Å². The second-order valence-corrected chi connectivity index (χ2v) is 7.98. The predicted molar refractivity (Wildman–Crippen MR) is 127 cm³/mol. The highest BCUT2D eigenvalue weighted by atomic mass is 16.5. The number of hydrogen-bond acceptors (Lipinski definition) is 4. The summed E-state index contributed by atoms with van der Waals surface area (Å²) in [5, 5.41) is 0. The fourth-order valence-corrected chi connectivity index (χ4v) is 3.43. The van der Waals surface area contributed by atoms with Crippen molar-refractivity contribution < 1.29 is 18.9 Å². The summed E-state index contributed by atoms with van der Waals surface area (Å²) in [6.07, 6.45) is 10.1. The summed E-state index contributed by atoms with van der Waals surface area (Å²) in [5.74, 6) is 1.90. The fourth-order valence-electron chi connectivity index (χ4n) is 3.43. The predicted octanol–water partition coefficient (Wildman–Crippen LogP) is 6.45. The molecule has 0 aliphatic rings. The van der Waals surface area contributed by atoms with E-state index in [9.17, 15) is 0 Å². The zero-order valence-electron chi connectivity index (χ0n) is 19.4. The highest BCUT2D eigenvalue weighted by Crippen LogP contribution is 2.18. The van der Waals surface area contributed by atoms with Crippen LogP contribution in [0.4, 0.5) is 0 Å². The molecule has 0 N–H and O–H groups in total. The Labute approximate surface area is 188 Å². The molecular formula is C27H40O4. The van der Waals surface area contributed by atoms with Gasteiger partial charge >= 0.3 is 0 Å². The molecule has 4 nitrogen and oxygen atoms in total. The largest absolute Gasteiger partial charge is 0.494 e. The third-order valence-corrected chi connectivity index (χ3v) is 5.28. The van der Waals surface area contributed by atoms with E-state index in [1.54, 1.807) is 14.2 Å². The van der Waals surface area contributed by atoms with E-state index < -0.39 is 0 Å². The molecule has 0 heterocycles. The molecule has 0 bridgehead atoms. The van der Waals surface area contributed by atoms with Crippen LogP contribution >= 0.6 is 0 Å². The summed E-state index contributed by atoms with van der Waals surface area (Å²) >= 11 is 0. The Kier molecular flexibility index (Phi) is 13.5. The topological polar surface area (TPSA) is 36.9 Å². The minimum Gasteiger partial charge on any atom is -0.494 e. The molecule has 0 saturated carbocycles. The molecule has 0 saturated heterocycles. The summed E-state index contributed by atoms with van der Waals surface area (Å²) < 4.78 is 21.8. The van der Waals surface area contributed by atoms with Crippen LogP contribution < -0.4 is 9.47 Å². The highest BCUT2D eigenvalue weighted by molar-refractivity contribution is 5.34. The molecule has 0 aliphatic heterocycles. The van der Waals surface area contributed by atoms with E-state index in [1.807, 2.05) is 0 Å². The molecule has 0 radical (unpaired) electrons.